The molecule has 0 aliphatic carbocycles. The number of anilines is 1. The molecule has 20 heavy (non-hydrogen) atoms. The third kappa shape index (κ3) is 3.83. The lowest BCUT2D eigenvalue weighted by Crippen LogP contribution is -2.37. The maximum absolute atomic E-state index is 11.5. The number of nitrogens with zero attached hydrogens (tertiary/aromatic N) is 2. The summed E-state index contributed by atoms with van der Waals surface area (Å²) in [6, 6.07) is 6.06. The summed E-state index contributed by atoms with van der Waals surface area (Å²) in [4.78, 5) is 16.1. The highest BCUT2D eigenvalue weighted by atomic mass is 79.9. The number of benzene rings is 1. The van der Waals surface area contributed by atoms with E-state index in [9.17, 15) is 4.79 Å². The molecule has 0 unspecified atom stereocenters. The lowest BCUT2D eigenvalue weighted by atomic mass is 9.96. The minimum atomic E-state index is 0.105. The summed E-state index contributed by atoms with van der Waals surface area (Å²) in [6.07, 6.45) is 2.48. The van der Waals surface area contributed by atoms with E-state index in [0.29, 0.717) is 0 Å². The van der Waals surface area contributed by atoms with E-state index in [0.717, 1.165) is 29.0 Å². The fourth-order valence-corrected chi connectivity index (χ4v) is 3.52. The number of ketones is 1. The normalized spacial score (nSPS) is 16.8. The van der Waals surface area contributed by atoms with Gasteiger partial charge in [0.15, 0.2) is 5.78 Å². The van der Waals surface area contributed by atoms with Gasteiger partial charge in [0.05, 0.1) is 0 Å². The molecule has 1 aromatic carbocycles. The summed E-state index contributed by atoms with van der Waals surface area (Å²) in [5.41, 5.74) is 1.97. The monoisotopic (exact) mass is 338 g/mol. The fraction of sp³-hybridized carbons (Fsp3) is 0.562. The highest BCUT2D eigenvalue weighted by molar-refractivity contribution is 9.10. The second-order valence-electron chi connectivity index (χ2n) is 5.91. The van der Waals surface area contributed by atoms with Crippen LogP contribution in [0.2, 0.25) is 0 Å². The van der Waals surface area contributed by atoms with Crippen molar-refractivity contribution in [1.29, 1.82) is 0 Å². The standard InChI is InChI=1S/C16H23BrN2O/c1-12(20)15-5-4-14(10-16(15)17)19-8-6-13(7-9-19)11-18(2)3/h4-5,10,13H,6-9,11H2,1-3H3. The first-order valence-electron chi connectivity index (χ1n) is 7.17. The number of rotatable bonds is 4. The van der Waals surface area contributed by atoms with Crippen LogP contribution in [0.25, 0.3) is 0 Å². The van der Waals surface area contributed by atoms with Crippen LogP contribution in [0.5, 0.6) is 0 Å². The first-order valence-corrected chi connectivity index (χ1v) is 7.97. The molecule has 110 valence electrons. The molecule has 0 atom stereocenters. The van der Waals surface area contributed by atoms with Gasteiger partial charge in [-0.25, -0.2) is 0 Å². The van der Waals surface area contributed by atoms with Crippen molar-refractivity contribution in [1.82, 2.24) is 4.90 Å². The van der Waals surface area contributed by atoms with Gasteiger partial charge in [0, 0.05) is 35.4 Å². The van der Waals surface area contributed by atoms with Crippen LogP contribution in [0, 0.1) is 5.92 Å². The van der Waals surface area contributed by atoms with Gasteiger partial charge < -0.3 is 9.80 Å². The molecule has 0 aromatic heterocycles. The van der Waals surface area contributed by atoms with Crippen LogP contribution in [0.3, 0.4) is 0 Å². The Labute approximate surface area is 130 Å². The molecular weight excluding hydrogens is 316 g/mol. The molecule has 1 aliphatic heterocycles. The number of hydrogen-bond donors (Lipinski definition) is 0. The van der Waals surface area contributed by atoms with Crippen LogP contribution < -0.4 is 4.90 Å². The van der Waals surface area contributed by atoms with Crippen LogP contribution in [0.4, 0.5) is 5.69 Å². The first kappa shape index (κ1) is 15.5. The minimum absolute atomic E-state index is 0.105. The molecule has 0 spiro atoms. The zero-order valence-corrected chi connectivity index (χ0v) is 14.1. The number of halogens is 1. The van der Waals surface area contributed by atoms with Crippen molar-refractivity contribution in [3.63, 3.8) is 0 Å². The van der Waals surface area contributed by atoms with Gasteiger partial charge in [0.2, 0.25) is 0 Å². The molecular formula is C16H23BrN2O. The third-order valence-corrected chi connectivity index (χ3v) is 4.59. The Morgan fingerprint density at radius 2 is 2.00 bits per heavy atom. The van der Waals surface area contributed by atoms with E-state index in [1.165, 1.54) is 25.1 Å². The Hall–Kier alpha value is -0.870. The maximum Gasteiger partial charge on any atom is 0.160 e. The summed E-state index contributed by atoms with van der Waals surface area (Å²) in [5.74, 6) is 0.911. The largest absolute Gasteiger partial charge is 0.371 e. The highest BCUT2D eigenvalue weighted by Crippen LogP contribution is 2.28. The molecule has 4 heteroatoms. The van der Waals surface area contributed by atoms with E-state index in [-0.39, 0.29) is 5.78 Å². The van der Waals surface area contributed by atoms with Gasteiger partial charge in [0.1, 0.15) is 0 Å². The van der Waals surface area contributed by atoms with E-state index in [4.69, 9.17) is 0 Å². The third-order valence-electron chi connectivity index (χ3n) is 3.93. The van der Waals surface area contributed by atoms with Gasteiger partial charge >= 0.3 is 0 Å². The molecule has 0 N–H and O–H groups in total. The zero-order valence-electron chi connectivity index (χ0n) is 12.5. The summed E-state index contributed by atoms with van der Waals surface area (Å²) in [7, 11) is 4.29. The number of carbonyl (C=O) groups is 1. The fourth-order valence-electron chi connectivity index (χ4n) is 2.88. The van der Waals surface area contributed by atoms with Crippen LogP contribution in [0.15, 0.2) is 22.7 Å². The molecule has 1 saturated heterocycles. The maximum atomic E-state index is 11.5. The smallest absolute Gasteiger partial charge is 0.160 e. The Morgan fingerprint density at radius 3 is 2.50 bits per heavy atom. The number of hydrogen-bond acceptors (Lipinski definition) is 3. The van der Waals surface area contributed by atoms with Gasteiger partial charge in [-0.1, -0.05) is 0 Å². The molecule has 1 heterocycles. The second kappa shape index (κ2) is 6.72. The van der Waals surface area contributed by atoms with E-state index >= 15 is 0 Å². The average Bonchev–Trinajstić information content (AvgIpc) is 2.38. The van der Waals surface area contributed by atoms with E-state index in [1.54, 1.807) is 6.92 Å². The number of piperidine rings is 1. The van der Waals surface area contributed by atoms with Crippen LogP contribution in [-0.2, 0) is 0 Å². The Balaban J connectivity index is 2.00. The van der Waals surface area contributed by atoms with Crippen molar-refractivity contribution in [3.05, 3.63) is 28.2 Å². The predicted molar refractivity (Wildman–Crippen MR) is 87.6 cm³/mol. The van der Waals surface area contributed by atoms with Crippen molar-refractivity contribution in [3.8, 4) is 0 Å². The van der Waals surface area contributed by atoms with Crippen molar-refractivity contribution >= 4 is 27.4 Å². The summed E-state index contributed by atoms with van der Waals surface area (Å²) in [6.45, 7) is 4.99. The van der Waals surface area contributed by atoms with Crippen LogP contribution in [0.1, 0.15) is 30.1 Å². The number of carbonyl (C=O) groups excluding carboxylic acids is 1. The Kier molecular flexibility index (Phi) is 5.22. The Morgan fingerprint density at radius 1 is 1.35 bits per heavy atom. The van der Waals surface area contributed by atoms with Gasteiger partial charge in [-0.3, -0.25) is 4.79 Å². The van der Waals surface area contributed by atoms with Gasteiger partial charge in [-0.2, -0.15) is 0 Å². The van der Waals surface area contributed by atoms with Crippen molar-refractivity contribution < 1.29 is 4.79 Å². The molecule has 3 nitrogen and oxygen atoms in total. The molecule has 2 rings (SSSR count). The summed E-state index contributed by atoms with van der Waals surface area (Å²) < 4.78 is 0.901. The first-order chi connectivity index (χ1) is 9.47. The SMILES string of the molecule is CC(=O)c1ccc(N2CCC(CN(C)C)CC2)cc1Br. The lowest BCUT2D eigenvalue weighted by molar-refractivity contribution is 0.101. The number of Topliss-reactive ketones (excluding diaryl/α,β-unsaturated/α-hetero) is 1. The van der Waals surface area contributed by atoms with Gasteiger partial charge in [-0.15, -0.1) is 0 Å². The molecule has 0 bridgehead atoms. The average molecular weight is 339 g/mol. The molecule has 1 fully saturated rings. The zero-order chi connectivity index (χ0) is 14.7. The summed E-state index contributed by atoms with van der Waals surface area (Å²) >= 11 is 3.50. The van der Waals surface area contributed by atoms with Crippen LogP contribution in [-0.4, -0.2) is 44.4 Å². The van der Waals surface area contributed by atoms with E-state index in [1.807, 2.05) is 6.07 Å². The van der Waals surface area contributed by atoms with Gasteiger partial charge in [-0.05, 0) is 73.9 Å². The predicted octanol–water partition coefficient (Wildman–Crippen LogP) is 3.43. The topological polar surface area (TPSA) is 23.6 Å². The Bertz CT molecular complexity index is 479. The van der Waals surface area contributed by atoms with Gasteiger partial charge in [0.25, 0.3) is 0 Å². The van der Waals surface area contributed by atoms with Crippen molar-refractivity contribution in [2.24, 2.45) is 5.92 Å². The highest BCUT2D eigenvalue weighted by Gasteiger charge is 2.20. The molecule has 0 saturated carbocycles. The summed E-state index contributed by atoms with van der Waals surface area (Å²) in [5, 5.41) is 0. The van der Waals surface area contributed by atoms with E-state index < -0.39 is 0 Å². The molecule has 0 radical (unpaired) electrons. The minimum Gasteiger partial charge on any atom is -0.371 e. The lowest BCUT2D eigenvalue weighted by Gasteiger charge is -2.34. The van der Waals surface area contributed by atoms with Crippen molar-refractivity contribution in [2.45, 2.75) is 19.8 Å². The van der Waals surface area contributed by atoms with Crippen LogP contribution >= 0.6 is 15.9 Å². The quantitative estimate of drug-likeness (QED) is 0.786. The molecule has 1 aromatic rings. The van der Waals surface area contributed by atoms with Crippen molar-refractivity contribution in [2.75, 3.05) is 38.6 Å². The molecule has 0 amide bonds. The molecule has 1 aliphatic rings. The second-order valence-corrected chi connectivity index (χ2v) is 6.77. The van der Waals surface area contributed by atoms with E-state index in [2.05, 4.69) is 52.0 Å².